The van der Waals surface area contributed by atoms with Crippen molar-refractivity contribution in [2.75, 3.05) is 0 Å². The van der Waals surface area contributed by atoms with Gasteiger partial charge in [0.25, 0.3) is 0 Å². The van der Waals surface area contributed by atoms with Crippen LogP contribution in [0.15, 0.2) is 16.4 Å². The molecule has 1 aliphatic carbocycles. The van der Waals surface area contributed by atoms with Gasteiger partial charge in [-0.3, -0.25) is 24.0 Å². The number of hydrogen-bond acceptors (Lipinski definition) is 3. The van der Waals surface area contributed by atoms with Crippen molar-refractivity contribution in [2.24, 2.45) is 18.4 Å². The van der Waals surface area contributed by atoms with E-state index in [1.807, 2.05) is 6.08 Å². The molecule has 0 spiro atoms. The Kier molecular flexibility index (Phi) is 4.54. The molecule has 1 aromatic heterocycles. The van der Waals surface area contributed by atoms with Crippen LogP contribution in [0.2, 0.25) is 0 Å². The molecular formula is C20H27N3O3. The Bertz CT molecular complexity index is 977. The van der Waals surface area contributed by atoms with Crippen LogP contribution in [-0.4, -0.2) is 20.9 Å². The topological polar surface area (TPSA) is 73.1 Å². The summed E-state index contributed by atoms with van der Waals surface area (Å²) in [5.41, 5.74) is 0.825. The molecule has 2 aliphatic rings. The average molecular weight is 357 g/mol. The second kappa shape index (κ2) is 6.41. The van der Waals surface area contributed by atoms with Gasteiger partial charge < -0.3 is 0 Å². The summed E-state index contributed by atoms with van der Waals surface area (Å²) >= 11 is 0. The SMILES string of the molecule is C/C1=C\C(C)(C(C)C)/C=c2\c(n(C3CCC(=O)NC3=O)c(=O)n2C)=C/C1. The van der Waals surface area contributed by atoms with Crippen LogP contribution in [0.4, 0.5) is 0 Å². The van der Waals surface area contributed by atoms with Gasteiger partial charge in [-0.1, -0.05) is 38.5 Å². The summed E-state index contributed by atoms with van der Waals surface area (Å²) in [5.74, 6) is -0.316. The third-order valence-electron chi connectivity index (χ3n) is 5.76. The lowest BCUT2D eigenvalue weighted by Crippen LogP contribution is -2.48. The number of amides is 2. The number of hydrogen-bond donors (Lipinski definition) is 1. The smallest absolute Gasteiger partial charge is 0.295 e. The van der Waals surface area contributed by atoms with Crippen LogP contribution in [0.1, 0.15) is 53.0 Å². The van der Waals surface area contributed by atoms with Crippen molar-refractivity contribution in [3.05, 3.63) is 32.8 Å². The first kappa shape index (κ1) is 18.4. The first-order valence-corrected chi connectivity index (χ1v) is 9.16. The Hall–Kier alpha value is -2.37. The third kappa shape index (κ3) is 2.97. The van der Waals surface area contributed by atoms with Gasteiger partial charge in [0.1, 0.15) is 6.04 Å². The molecule has 2 atom stereocenters. The number of allylic oxidation sites excluding steroid dienone is 2. The molecule has 140 valence electrons. The average Bonchev–Trinajstić information content (AvgIpc) is 2.76. The van der Waals surface area contributed by atoms with Crippen molar-refractivity contribution in [1.82, 2.24) is 14.5 Å². The van der Waals surface area contributed by atoms with Gasteiger partial charge in [0.15, 0.2) is 0 Å². The van der Waals surface area contributed by atoms with Gasteiger partial charge in [-0.15, -0.1) is 0 Å². The van der Waals surface area contributed by atoms with E-state index in [0.717, 1.165) is 17.1 Å². The van der Waals surface area contributed by atoms with Crippen LogP contribution in [0.5, 0.6) is 0 Å². The van der Waals surface area contributed by atoms with E-state index >= 15 is 0 Å². The Morgan fingerprint density at radius 3 is 2.50 bits per heavy atom. The number of carbonyl (C=O) groups is 2. The summed E-state index contributed by atoms with van der Waals surface area (Å²) in [6.45, 7) is 8.60. The highest BCUT2D eigenvalue weighted by molar-refractivity contribution is 5.99. The first-order valence-electron chi connectivity index (χ1n) is 9.16. The van der Waals surface area contributed by atoms with Crippen molar-refractivity contribution in [3.63, 3.8) is 0 Å². The number of nitrogens with one attached hydrogen (secondary N) is 1. The minimum atomic E-state index is -0.645. The molecule has 0 saturated carbocycles. The number of imide groups is 1. The van der Waals surface area contributed by atoms with E-state index in [0.29, 0.717) is 12.3 Å². The summed E-state index contributed by atoms with van der Waals surface area (Å²) in [5, 5.41) is 3.96. The van der Waals surface area contributed by atoms with Gasteiger partial charge >= 0.3 is 5.69 Å². The fourth-order valence-electron chi connectivity index (χ4n) is 3.78. The highest BCUT2D eigenvalue weighted by Gasteiger charge is 2.32. The third-order valence-corrected chi connectivity index (χ3v) is 5.76. The van der Waals surface area contributed by atoms with Gasteiger partial charge in [0.2, 0.25) is 11.8 Å². The number of piperidine rings is 1. The molecule has 2 amide bonds. The zero-order valence-corrected chi connectivity index (χ0v) is 16.1. The van der Waals surface area contributed by atoms with Crippen molar-refractivity contribution in [2.45, 2.75) is 53.0 Å². The molecule has 2 unspecified atom stereocenters. The predicted molar refractivity (Wildman–Crippen MR) is 101 cm³/mol. The summed E-state index contributed by atoms with van der Waals surface area (Å²) in [4.78, 5) is 36.8. The molecule has 6 nitrogen and oxygen atoms in total. The van der Waals surface area contributed by atoms with E-state index in [9.17, 15) is 14.4 Å². The number of carbonyl (C=O) groups excluding carboxylic acids is 2. The summed E-state index contributed by atoms with van der Waals surface area (Å²) < 4.78 is 3.18. The lowest BCUT2D eigenvalue weighted by atomic mass is 9.76. The predicted octanol–water partition coefficient (Wildman–Crippen LogP) is 0.738. The molecular weight excluding hydrogens is 330 g/mol. The minimum absolute atomic E-state index is 0.186. The van der Waals surface area contributed by atoms with Gasteiger partial charge in [-0.2, -0.15) is 0 Å². The van der Waals surface area contributed by atoms with Crippen LogP contribution < -0.4 is 21.7 Å². The first-order chi connectivity index (χ1) is 12.1. The molecule has 0 aromatic carbocycles. The van der Waals surface area contributed by atoms with Crippen molar-refractivity contribution in [1.29, 1.82) is 0 Å². The highest BCUT2D eigenvalue weighted by atomic mass is 16.2. The van der Waals surface area contributed by atoms with Gasteiger partial charge in [-0.05, 0) is 31.8 Å². The normalized spacial score (nSPS) is 30.8. The summed E-state index contributed by atoms with van der Waals surface area (Å²) in [6, 6.07) is -0.645. The fourth-order valence-corrected chi connectivity index (χ4v) is 3.78. The van der Waals surface area contributed by atoms with E-state index in [1.165, 1.54) is 5.57 Å². The maximum absolute atomic E-state index is 13.0. The number of aromatic nitrogens is 2. The van der Waals surface area contributed by atoms with Crippen LogP contribution in [0.25, 0.3) is 12.2 Å². The van der Waals surface area contributed by atoms with Crippen LogP contribution in [-0.2, 0) is 16.6 Å². The molecule has 1 saturated heterocycles. The lowest BCUT2D eigenvalue weighted by molar-refractivity contribution is -0.135. The Morgan fingerprint density at radius 1 is 1.19 bits per heavy atom. The Balaban J connectivity index is 2.30. The molecule has 6 heteroatoms. The summed E-state index contributed by atoms with van der Waals surface area (Å²) in [7, 11) is 1.74. The second-order valence-corrected chi connectivity index (χ2v) is 8.01. The molecule has 1 aliphatic heterocycles. The van der Waals surface area contributed by atoms with E-state index in [4.69, 9.17) is 0 Å². The maximum Gasteiger partial charge on any atom is 0.329 e. The Morgan fingerprint density at radius 2 is 1.88 bits per heavy atom. The monoisotopic (exact) mass is 357 g/mol. The largest absolute Gasteiger partial charge is 0.329 e. The standard InChI is InChI=1S/C20H27N3O3/c1-12(2)20(4)10-13(3)6-7-14-16(11-20)22(5)19(26)23(14)15-8-9-17(24)21-18(15)25/h7,10-12,15H,6,8-9H2,1-5H3,(H,21,24,25)/b13-10+,14-7+,16-11+. The molecule has 1 N–H and O–H groups in total. The van der Waals surface area contributed by atoms with Crippen molar-refractivity contribution in [3.8, 4) is 0 Å². The molecule has 1 aromatic rings. The van der Waals surface area contributed by atoms with Gasteiger partial charge in [0.05, 0.1) is 10.7 Å². The number of imidazole rings is 1. The number of nitrogens with zero attached hydrogens (tertiary/aromatic N) is 2. The second-order valence-electron chi connectivity index (χ2n) is 8.01. The molecule has 1 fully saturated rings. The molecule has 0 radical (unpaired) electrons. The molecule has 2 heterocycles. The highest BCUT2D eigenvalue weighted by Crippen LogP contribution is 2.32. The number of rotatable bonds is 2. The molecule has 26 heavy (non-hydrogen) atoms. The number of fused-ring (bicyclic) bond motifs is 1. The minimum Gasteiger partial charge on any atom is -0.295 e. The van der Waals surface area contributed by atoms with Crippen LogP contribution in [0.3, 0.4) is 0 Å². The molecule has 3 rings (SSSR count). The van der Waals surface area contributed by atoms with E-state index in [2.05, 4.69) is 45.2 Å². The van der Waals surface area contributed by atoms with E-state index in [-0.39, 0.29) is 23.4 Å². The molecule has 0 bridgehead atoms. The van der Waals surface area contributed by atoms with Crippen LogP contribution in [0, 0.1) is 11.3 Å². The maximum atomic E-state index is 13.0. The lowest BCUT2D eigenvalue weighted by Gasteiger charge is -2.28. The van der Waals surface area contributed by atoms with Crippen molar-refractivity contribution >= 4 is 24.0 Å². The summed E-state index contributed by atoms with van der Waals surface area (Å²) in [6.07, 6.45) is 7.74. The fraction of sp³-hybridized carbons (Fsp3) is 0.550. The Labute approximate surface area is 152 Å². The van der Waals surface area contributed by atoms with Crippen molar-refractivity contribution < 1.29 is 9.59 Å². The van der Waals surface area contributed by atoms with Gasteiger partial charge in [0, 0.05) is 18.9 Å². The van der Waals surface area contributed by atoms with Crippen LogP contribution >= 0.6 is 0 Å². The van der Waals surface area contributed by atoms with Gasteiger partial charge in [-0.25, -0.2) is 4.79 Å². The van der Waals surface area contributed by atoms with E-state index < -0.39 is 11.9 Å². The zero-order valence-electron chi connectivity index (χ0n) is 16.1. The van der Waals surface area contributed by atoms with E-state index in [1.54, 1.807) is 16.2 Å². The zero-order chi connectivity index (χ0) is 19.2. The quantitative estimate of drug-likeness (QED) is 0.627.